The fourth-order valence-electron chi connectivity index (χ4n) is 3.69. The van der Waals surface area contributed by atoms with Crippen LogP contribution < -0.4 is 0 Å². The maximum Gasteiger partial charge on any atom is 0.452 e. The van der Waals surface area contributed by atoms with Crippen LogP contribution in [0.5, 0.6) is 0 Å². The Labute approximate surface area is 159 Å². The molecule has 2 aromatic heterocycles. The Kier molecular flexibility index (Phi) is 4.20. The topological polar surface area (TPSA) is 73.4 Å². The van der Waals surface area contributed by atoms with Gasteiger partial charge in [-0.25, -0.2) is 4.79 Å². The Balaban J connectivity index is 1.73. The molecule has 1 amide bonds. The standard InChI is InChI=1S/C18H21F3N4O3/c1-17(2,3)27-16(26)24-8-6-12-11(9-24)14-13-10(5-4-7-25(14)22-12)15(28-23-13)18(19,20)21/h4-9H2,1-3H3. The summed E-state index contributed by atoms with van der Waals surface area (Å²) in [7, 11) is 0. The highest BCUT2D eigenvalue weighted by molar-refractivity contribution is 5.71. The number of nitrogens with zero attached hydrogens (tertiary/aromatic N) is 4. The Bertz CT molecular complexity index is 924. The number of halogens is 3. The van der Waals surface area contributed by atoms with Crippen LogP contribution in [0.1, 0.15) is 49.8 Å². The number of aromatic nitrogens is 3. The Hall–Kier alpha value is -2.52. The molecular weight excluding hydrogens is 377 g/mol. The Morgan fingerprint density at radius 3 is 2.57 bits per heavy atom. The molecule has 0 spiro atoms. The molecule has 28 heavy (non-hydrogen) atoms. The van der Waals surface area contributed by atoms with Crippen molar-refractivity contribution in [2.45, 2.75) is 64.9 Å². The summed E-state index contributed by atoms with van der Waals surface area (Å²) >= 11 is 0. The van der Waals surface area contributed by atoms with E-state index in [2.05, 4.69) is 14.8 Å². The highest BCUT2D eigenvalue weighted by Gasteiger charge is 2.42. The molecule has 10 heteroatoms. The fourth-order valence-corrected chi connectivity index (χ4v) is 3.69. The molecule has 2 aromatic rings. The van der Waals surface area contributed by atoms with E-state index in [1.165, 1.54) is 0 Å². The fraction of sp³-hybridized carbons (Fsp3) is 0.611. The maximum absolute atomic E-state index is 13.3. The second-order valence-electron chi connectivity index (χ2n) is 8.09. The van der Waals surface area contributed by atoms with Gasteiger partial charge in [0, 0.05) is 30.6 Å². The predicted molar refractivity (Wildman–Crippen MR) is 91.4 cm³/mol. The van der Waals surface area contributed by atoms with E-state index in [-0.39, 0.29) is 24.2 Å². The van der Waals surface area contributed by atoms with Crippen molar-refractivity contribution in [3.05, 3.63) is 22.6 Å². The number of hydrogen-bond acceptors (Lipinski definition) is 5. The Morgan fingerprint density at radius 2 is 1.89 bits per heavy atom. The molecule has 4 rings (SSSR count). The van der Waals surface area contributed by atoms with Gasteiger partial charge in [0.25, 0.3) is 0 Å². The van der Waals surface area contributed by atoms with E-state index >= 15 is 0 Å². The SMILES string of the molecule is CC(C)(C)OC(=O)N1CCc2nn3c(c2C1)-c1noc(C(F)(F)F)c1CCC3. The molecule has 4 heterocycles. The van der Waals surface area contributed by atoms with Crippen LogP contribution in [0, 0.1) is 0 Å². The zero-order chi connectivity index (χ0) is 20.3. The van der Waals surface area contributed by atoms with Crippen molar-refractivity contribution in [1.29, 1.82) is 0 Å². The third-order valence-electron chi connectivity index (χ3n) is 4.82. The van der Waals surface area contributed by atoms with Gasteiger partial charge in [0.05, 0.1) is 17.9 Å². The van der Waals surface area contributed by atoms with Crippen LogP contribution in [0.25, 0.3) is 11.4 Å². The van der Waals surface area contributed by atoms with Gasteiger partial charge >= 0.3 is 12.3 Å². The number of rotatable bonds is 0. The van der Waals surface area contributed by atoms with Gasteiger partial charge in [-0.1, -0.05) is 5.16 Å². The van der Waals surface area contributed by atoms with Gasteiger partial charge in [0.15, 0.2) is 0 Å². The normalized spacial score (nSPS) is 16.9. The number of aryl methyl sites for hydroxylation is 1. The van der Waals surface area contributed by atoms with Crippen molar-refractivity contribution >= 4 is 6.09 Å². The number of carbonyl (C=O) groups excluding carboxylic acids is 1. The lowest BCUT2D eigenvalue weighted by Gasteiger charge is -2.29. The Morgan fingerprint density at radius 1 is 1.14 bits per heavy atom. The van der Waals surface area contributed by atoms with Crippen molar-refractivity contribution < 1.29 is 27.2 Å². The molecule has 0 unspecified atom stereocenters. The van der Waals surface area contributed by atoms with Crippen molar-refractivity contribution in [1.82, 2.24) is 19.8 Å². The quantitative estimate of drug-likeness (QED) is 0.675. The van der Waals surface area contributed by atoms with Crippen molar-refractivity contribution in [3.8, 4) is 11.4 Å². The van der Waals surface area contributed by atoms with Crippen LogP contribution in [0.2, 0.25) is 0 Å². The molecule has 0 fully saturated rings. The van der Waals surface area contributed by atoms with Gasteiger partial charge in [0.2, 0.25) is 5.76 Å². The zero-order valence-electron chi connectivity index (χ0n) is 15.9. The second-order valence-corrected chi connectivity index (χ2v) is 8.09. The van der Waals surface area contributed by atoms with E-state index in [1.807, 2.05) is 0 Å². The molecule has 2 aliphatic rings. The van der Waals surface area contributed by atoms with Crippen molar-refractivity contribution in [2.24, 2.45) is 0 Å². The van der Waals surface area contributed by atoms with Crippen LogP contribution >= 0.6 is 0 Å². The summed E-state index contributed by atoms with van der Waals surface area (Å²) in [4.78, 5) is 14.0. The first-order valence-electron chi connectivity index (χ1n) is 9.17. The van der Waals surface area contributed by atoms with E-state index in [4.69, 9.17) is 4.74 Å². The zero-order valence-corrected chi connectivity index (χ0v) is 15.9. The summed E-state index contributed by atoms with van der Waals surface area (Å²) in [5.41, 5.74) is 1.60. The third kappa shape index (κ3) is 3.24. The first-order chi connectivity index (χ1) is 13.0. The van der Waals surface area contributed by atoms with Crippen LogP contribution in [-0.2, 0) is 36.8 Å². The van der Waals surface area contributed by atoms with Crippen LogP contribution in [0.3, 0.4) is 0 Å². The molecular formula is C18H21F3N4O3. The lowest BCUT2D eigenvalue weighted by atomic mass is 10.0. The molecule has 0 radical (unpaired) electrons. The maximum atomic E-state index is 13.3. The monoisotopic (exact) mass is 398 g/mol. The van der Waals surface area contributed by atoms with Crippen LogP contribution in [-0.4, -0.2) is 38.1 Å². The minimum atomic E-state index is -4.60. The van der Waals surface area contributed by atoms with Gasteiger partial charge in [0.1, 0.15) is 11.3 Å². The van der Waals surface area contributed by atoms with Gasteiger partial charge in [-0.3, -0.25) is 4.68 Å². The molecule has 0 saturated carbocycles. The molecule has 152 valence electrons. The molecule has 0 aromatic carbocycles. The smallest absolute Gasteiger partial charge is 0.444 e. The molecule has 0 N–H and O–H groups in total. The highest BCUT2D eigenvalue weighted by Crippen LogP contribution is 2.41. The summed E-state index contributed by atoms with van der Waals surface area (Å²) < 4.78 is 51.6. The lowest BCUT2D eigenvalue weighted by Crippen LogP contribution is -2.39. The van der Waals surface area contributed by atoms with Crippen molar-refractivity contribution in [3.63, 3.8) is 0 Å². The lowest BCUT2D eigenvalue weighted by molar-refractivity contribution is -0.156. The highest BCUT2D eigenvalue weighted by atomic mass is 19.4. The average Bonchev–Trinajstić information content (AvgIpc) is 3.09. The van der Waals surface area contributed by atoms with Crippen LogP contribution in [0.4, 0.5) is 18.0 Å². The second kappa shape index (κ2) is 6.25. The minimum absolute atomic E-state index is 0.0586. The molecule has 0 bridgehead atoms. The van der Waals surface area contributed by atoms with E-state index in [1.54, 1.807) is 30.4 Å². The first kappa shape index (κ1) is 18.8. The average molecular weight is 398 g/mol. The number of fused-ring (bicyclic) bond motifs is 5. The number of alkyl halides is 3. The number of hydrogen-bond donors (Lipinski definition) is 0. The number of ether oxygens (including phenoxy) is 1. The summed E-state index contributed by atoms with van der Waals surface area (Å²) in [5.74, 6) is -1.05. The van der Waals surface area contributed by atoms with Gasteiger partial charge in [-0.05, 0) is 33.6 Å². The molecule has 0 atom stereocenters. The summed E-state index contributed by atoms with van der Waals surface area (Å²) in [6, 6.07) is 0. The first-order valence-corrected chi connectivity index (χ1v) is 9.17. The molecule has 0 saturated heterocycles. The molecule has 7 nitrogen and oxygen atoms in total. The predicted octanol–water partition coefficient (Wildman–Crippen LogP) is 3.80. The van der Waals surface area contributed by atoms with Gasteiger partial charge < -0.3 is 14.2 Å². The van der Waals surface area contributed by atoms with E-state index in [9.17, 15) is 18.0 Å². The number of amides is 1. The molecule has 0 aliphatic carbocycles. The van der Waals surface area contributed by atoms with Gasteiger partial charge in [-0.2, -0.15) is 18.3 Å². The number of carbonyl (C=O) groups is 1. The van der Waals surface area contributed by atoms with E-state index in [0.29, 0.717) is 37.2 Å². The van der Waals surface area contributed by atoms with E-state index in [0.717, 1.165) is 5.69 Å². The van der Waals surface area contributed by atoms with E-state index < -0.39 is 23.6 Å². The largest absolute Gasteiger partial charge is 0.452 e. The third-order valence-corrected chi connectivity index (χ3v) is 4.82. The minimum Gasteiger partial charge on any atom is -0.444 e. The molecule has 2 aliphatic heterocycles. The summed E-state index contributed by atoms with van der Waals surface area (Å²) in [6.07, 6.45) is -3.84. The van der Waals surface area contributed by atoms with Crippen molar-refractivity contribution in [2.75, 3.05) is 6.54 Å². The van der Waals surface area contributed by atoms with Gasteiger partial charge in [-0.15, -0.1) is 0 Å². The summed E-state index contributed by atoms with van der Waals surface area (Å²) in [6.45, 7) is 6.50. The van der Waals surface area contributed by atoms with Crippen LogP contribution in [0.15, 0.2) is 4.52 Å². The summed E-state index contributed by atoms with van der Waals surface area (Å²) in [5, 5.41) is 8.31.